The summed E-state index contributed by atoms with van der Waals surface area (Å²) >= 11 is 0. The van der Waals surface area contributed by atoms with Gasteiger partial charge in [0, 0.05) is 12.1 Å². The van der Waals surface area contributed by atoms with E-state index in [1.165, 1.54) is 31.2 Å². The quantitative estimate of drug-likeness (QED) is 0.869. The third-order valence-corrected chi connectivity index (χ3v) is 5.00. The summed E-state index contributed by atoms with van der Waals surface area (Å²) < 4.78 is 0. The summed E-state index contributed by atoms with van der Waals surface area (Å²) in [7, 11) is 0. The minimum Gasteiger partial charge on any atom is -0.326 e. The Labute approximate surface area is 115 Å². The Morgan fingerprint density at radius 3 is 2.79 bits per heavy atom. The van der Waals surface area contributed by atoms with Crippen molar-refractivity contribution in [3.05, 3.63) is 29.3 Å². The van der Waals surface area contributed by atoms with Gasteiger partial charge in [0.1, 0.15) is 0 Å². The molecule has 0 unspecified atom stereocenters. The zero-order valence-electron chi connectivity index (χ0n) is 11.9. The van der Waals surface area contributed by atoms with E-state index >= 15 is 0 Å². The lowest BCUT2D eigenvalue weighted by Crippen LogP contribution is -2.20. The molecule has 2 bridgehead atoms. The average molecular weight is 257 g/mol. The van der Waals surface area contributed by atoms with Crippen molar-refractivity contribution < 1.29 is 4.79 Å². The van der Waals surface area contributed by atoms with Crippen LogP contribution in [0.4, 0.5) is 5.69 Å². The number of fused-ring (bicyclic) bond motifs is 2. The molecule has 2 fully saturated rings. The van der Waals surface area contributed by atoms with Gasteiger partial charge in [-0.2, -0.15) is 0 Å². The molecule has 1 N–H and O–H groups in total. The van der Waals surface area contributed by atoms with Gasteiger partial charge in [0.2, 0.25) is 5.91 Å². The number of hydrogen-bond acceptors (Lipinski definition) is 1. The van der Waals surface area contributed by atoms with Crippen molar-refractivity contribution in [2.75, 3.05) is 5.32 Å². The predicted molar refractivity (Wildman–Crippen MR) is 78.1 cm³/mol. The first kappa shape index (κ1) is 12.7. The highest BCUT2D eigenvalue weighted by atomic mass is 16.1. The normalized spacial score (nSPS) is 28.6. The van der Waals surface area contributed by atoms with Crippen LogP contribution in [0.2, 0.25) is 0 Å². The minimum atomic E-state index is 0.200. The van der Waals surface area contributed by atoms with Gasteiger partial charge in [-0.05, 0) is 68.1 Å². The van der Waals surface area contributed by atoms with Crippen molar-refractivity contribution in [3.8, 4) is 0 Å². The number of hydrogen-bond donors (Lipinski definition) is 1. The van der Waals surface area contributed by atoms with Crippen LogP contribution in [0.5, 0.6) is 0 Å². The van der Waals surface area contributed by atoms with Gasteiger partial charge in [0.25, 0.3) is 0 Å². The van der Waals surface area contributed by atoms with Crippen molar-refractivity contribution in [2.24, 2.45) is 17.8 Å². The number of anilines is 1. The van der Waals surface area contributed by atoms with Crippen LogP contribution in [0.1, 0.15) is 43.2 Å². The lowest BCUT2D eigenvalue weighted by molar-refractivity contribution is -0.117. The van der Waals surface area contributed by atoms with Gasteiger partial charge in [-0.1, -0.05) is 18.6 Å². The first-order valence-electron chi connectivity index (χ1n) is 7.49. The van der Waals surface area contributed by atoms with Crippen LogP contribution in [0, 0.1) is 31.6 Å². The highest BCUT2D eigenvalue weighted by Crippen LogP contribution is 2.49. The fourth-order valence-corrected chi connectivity index (χ4v) is 3.94. The first-order chi connectivity index (χ1) is 9.11. The van der Waals surface area contributed by atoms with Gasteiger partial charge in [0.15, 0.2) is 0 Å². The fourth-order valence-electron chi connectivity index (χ4n) is 3.94. The van der Waals surface area contributed by atoms with Crippen LogP contribution >= 0.6 is 0 Å². The van der Waals surface area contributed by atoms with Gasteiger partial charge < -0.3 is 5.32 Å². The molecule has 2 heteroatoms. The van der Waals surface area contributed by atoms with E-state index in [9.17, 15) is 4.79 Å². The second-order valence-corrected chi connectivity index (χ2v) is 6.51. The molecule has 0 heterocycles. The zero-order valence-corrected chi connectivity index (χ0v) is 11.9. The molecule has 0 spiro atoms. The number of benzene rings is 1. The van der Waals surface area contributed by atoms with Crippen LogP contribution < -0.4 is 5.32 Å². The lowest BCUT2D eigenvalue weighted by atomic mass is 9.86. The molecule has 19 heavy (non-hydrogen) atoms. The maximum atomic E-state index is 12.2. The molecule has 3 rings (SSSR count). The van der Waals surface area contributed by atoms with E-state index < -0.39 is 0 Å². The van der Waals surface area contributed by atoms with Gasteiger partial charge in [-0.15, -0.1) is 0 Å². The summed E-state index contributed by atoms with van der Waals surface area (Å²) in [5.41, 5.74) is 3.32. The molecule has 0 aromatic heterocycles. The van der Waals surface area contributed by atoms with Crippen molar-refractivity contribution >= 4 is 11.6 Å². The monoisotopic (exact) mass is 257 g/mol. The molecule has 0 saturated heterocycles. The third kappa shape index (κ3) is 2.68. The Morgan fingerprint density at radius 2 is 2.11 bits per heavy atom. The fraction of sp³-hybridized carbons (Fsp3) is 0.588. The Kier molecular flexibility index (Phi) is 3.34. The SMILES string of the molecule is Cc1ccc(C)c(NC(=O)C[C@@H]2C[C@H]3CC[C@@H]2C3)c1. The second kappa shape index (κ2) is 4.99. The van der Waals surface area contributed by atoms with Crippen LogP contribution in [0.3, 0.4) is 0 Å². The summed E-state index contributed by atoms with van der Waals surface area (Å²) in [6.07, 6.45) is 6.13. The Hall–Kier alpha value is -1.31. The largest absolute Gasteiger partial charge is 0.326 e. The molecule has 1 aromatic carbocycles. The van der Waals surface area contributed by atoms with E-state index in [0.29, 0.717) is 12.3 Å². The molecule has 2 aliphatic carbocycles. The van der Waals surface area contributed by atoms with Crippen LogP contribution in [-0.4, -0.2) is 5.91 Å². The highest BCUT2D eigenvalue weighted by molar-refractivity contribution is 5.91. The van der Waals surface area contributed by atoms with E-state index in [1.807, 2.05) is 6.92 Å². The van der Waals surface area contributed by atoms with Crippen molar-refractivity contribution in [2.45, 2.75) is 46.0 Å². The van der Waals surface area contributed by atoms with E-state index in [0.717, 1.165) is 23.1 Å². The number of aryl methyl sites for hydroxylation is 2. The van der Waals surface area contributed by atoms with Gasteiger partial charge in [0.05, 0.1) is 0 Å². The van der Waals surface area contributed by atoms with E-state index in [-0.39, 0.29) is 5.91 Å². The highest BCUT2D eigenvalue weighted by Gasteiger charge is 2.40. The maximum absolute atomic E-state index is 12.2. The summed E-state index contributed by atoms with van der Waals surface area (Å²) in [6.45, 7) is 4.11. The van der Waals surface area contributed by atoms with Crippen molar-refractivity contribution in [1.82, 2.24) is 0 Å². The van der Waals surface area contributed by atoms with Gasteiger partial charge in [-0.25, -0.2) is 0 Å². The minimum absolute atomic E-state index is 0.200. The molecule has 1 amide bonds. The first-order valence-corrected chi connectivity index (χ1v) is 7.49. The molecule has 0 radical (unpaired) electrons. The van der Waals surface area contributed by atoms with Crippen molar-refractivity contribution in [3.63, 3.8) is 0 Å². The summed E-state index contributed by atoms with van der Waals surface area (Å²) in [4.78, 5) is 12.2. The Morgan fingerprint density at radius 1 is 1.26 bits per heavy atom. The van der Waals surface area contributed by atoms with E-state index in [2.05, 4.69) is 30.4 Å². The van der Waals surface area contributed by atoms with Crippen LogP contribution in [0.15, 0.2) is 18.2 Å². The maximum Gasteiger partial charge on any atom is 0.224 e. The second-order valence-electron chi connectivity index (χ2n) is 6.51. The summed E-state index contributed by atoms with van der Waals surface area (Å²) in [5, 5.41) is 3.10. The van der Waals surface area contributed by atoms with Gasteiger partial charge >= 0.3 is 0 Å². The molecular formula is C17H23NO. The molecule has 2 aliphatic rings. The lowest BCUT2D eigenvalue weighted by Gasteiger charge is -2.21. The molecule has 2 saturated carbocycles. The molecule has 3 atom stereocenters. The number of carbonyl (C=O) groups excluding carboxylic acids is 1. The molecule has 2 nitrogen and oxygen atoms in total. The van der Waals surface area contributed by atoms with Crippen LogP contribution in [0.25, 0.3) is 0 Å². The molecule has 102 valence electrons. The summed E-state index contributed by atoms with van der Waals surface area (Å²) in [5.74, 6) is 2.59. The molecule has 0 aliphatic heterocycles. The Balaban J connectivity index is 1.61. The number of nitrogens with one attached hydrogen (secondary N) is 1. The zero-order chi connectivity index (χ0) is 13.4. The third-order valence-electron chi connectivity index (χ3n) is 5.00. The Bertz CT molecular complexity index is 494. The average Bonchev–Trinajstić information content (AvgIpc) is 2.96. The van der Waals surface area contributed by atoms with Crippen LogP contribution in [-0.2, 0) is 4.79 Å². The van der Waals surface area contributed by atoms with E-state index in [4.69, 9.17) is 0 Å². The standard InChI is InChI=1S/C17H23NO/c1-11-3-4-12(2)16(7-11)18-17(19)10-15-9-13-5-6-14(15)8-13/h3-4,7,13-15H,5-6,8-10H2,1-2H3,(H,18,19)/t13-,14+,15-/m0/s1. The number of rotatable bonds is 3. The van der Waals surface area contributed by atoms with E-state index in [1.54, 1.807) is 0 Å². The number of amides is 1. The smallest absolute Gasteiger partial charge is 0.224 e. The molecule has 1 aromatic rings. The topological polar surface area (TPSA) is 29.1 Å². The van der Waals surface area contributed by atoms with Gasteiger partial charge in [-0.3, -0.25) is 4.79 Å². The predicted octanol–water partition coefficient (Wildman–Crippen LogP) is 4.07. The molecular weight excluding hydrogens is 234 g/mol. The van der Waals surface area contributed by atoms with Crippen molar-refractivity contribution in [1.29, 1.82) is 0 Å². The number of carbonyl (C=O) groups is 1. The summed E-state index contributed by atoms with van der Waals surface area (Å²) in [6, 6.07) is 6.22.